The standard InChI is InChI=1S/C15H21FN2O3/c1-11-7-8-12(10-13(11)16)18-15(20)17-9-5-3-4-6-14(19)21-2/h7-8,10H,3-6,9H2,1-2H3,(H2,17,18,20). The van der Waals surface area contributed by atoms with Crippen LogP contribution in [-0.4, -0.2) is 25.7 Å². The number of nitrogens with one attached hydrogen (secondary N) is 2. The summed E-state index contributed by atoms with van der Waals surface area (Å²) in [6.07, 6.45) is 2.73. The minimum Gasteiger partial charge on any atom is -0.469 e. The van der Waals surface area contributed by atoms with Gasteiger partial charge in [-0.05, 0) is 37.5 Å². The second-order valence-electron chi connectivity index (χ2n) is 4.73. The first-order chi connectivity index (χ1) is 10.0. The summed E-state index contributed by atoms with van der Waals surface area (Å²) in [4.78, 5) is 22.5. The van der Waals surface area contributed by atoms with Crippen LogP contribution in [0.25, 0.3) is 0 Å². The van der Waals surface area contributed by atoms with Gasteiger partial charge in [-0.2, -0.15) is 0 Å². The Labute approximate surface area is 123 Å². The Balaban J connectivity index is 2.16. The summed E-state index contributed by atoms with van der Waals surface area (Å²) in [5, 5.41) is 5.24. The average molecular weight is 296 g/mol. The van der Waals surface area contributed by atoms with E-state index in [4.69, 9.17) is 0 Å². The first-order valence-corrected chi connectivity index (χ1v) is 6.90. The molecule has 0 aromatic heterocycles. The van der Waals surface area contributed by atoms with E-state index in [0.29, 0.717) is 24.2 Å². The number of benzene rings is 1. The van der Waals surface area contributed by atoms with Crippen LogP contribution < -0.4 is 10.6 Å². The van der Waals surface area contributed by atoms with E-state index in [-0.39, 0.29) is 17.8 Å². The van der Waals surface area contributed by atoms with E-state index in [9.17, 15) is 14.0 Å². The third-order valence-corrected chi connectivity index (χ3v) is 3.00. The summed E-state index contributed by atoms with van der Waals surface area (Å²) in [6, 6.07) is 4.17. The summed E-state index contributed by atoms with van der Waals surface area (Å²) >= 11 is 0. The number of carbonyl (C=O) groups is 2. The lowest BCUT2D eigenvalue weighted by molar-refractivity contribution is -0.140. The number of carbonyl (C=O) groups excluding carboxylic acids is 2. The molecule has 0 aliphatic rings. The highest BCUT2D eigenvalue weighted by Gasteiger charge is 2.04. The number of methoxy groups -OCH3 is 1. The van der Waals surface area contributed by atoms with Gasteiger partial charge in [-0.3, -0.25) is 4.79 Å². The molecule has 116 valence electrons. The molecule has 0 saturated heterocycles. The van der Waals surface area contributed by atoms with Crippen molar-refractivity contribution in [2.75, 3.05) is 19.0 Å². The zero-order chi connectivity index (χ0) is 15.7. The Morgan fingerprint density at radius 1 is 1.24 bits per heavy atom. The van der Waals surface area contributed by atoms with Crippen LogP contribution in [0.1, 0.15) is 31.2 Å². The third kappa shape index (κ3) is 6.74. The lowest BCUT2D eigenvalue weighted by Gasteiger charge is -2.08. The van der Waals surface area contributed by atoms with Crippen LogP contribution in [0, 0.1) is 12.7 Å². The maximum Gasteiger partial charge on any atom is 0.319 e. The summed E-state index contributed by atoms with van der Waals surface area (Å²) < 4.78 is 17.8. The molecule has 0 radical (unpaired) electrons. The molecule has 0 aliphatic heterocycles. The minimum atomic E-state index is -0.369. The van der Waals surface area contributed by atoms with Crippen molar-refractivity contribution in [3.63, 3.8) is 0 Å². The lowest BCUT2D eigenvalue weighted by Crippen LogP contribution is -2.29. The van der Waals surface area contributed by atoms with Gasteiger partial charge in [0, 0.05) is 18.7 Å². The molecule has 6 heteroatoms. The molecular weight excluding hydrogens is 275 g/mol. The summed E-state index contributed by atoms with van der Waals surface area (Å²) in [5.41, 5.74) is 0.952. The van der Waals surface area contributed by atoms with Crippen molar-refractivity contribution < 1.29 is 18.7 Å². The van der Waals surface area contributed by atoms with E-state index in [1.165, 1.54) is 13.2 Å². The van der Waals surface area contributed by atoms with Gasteiger partial charge in [-0.15, -0.1) is 0 Å². The number of esters is 1. The topological polar surface area (TPSA) is 67.4 Å². The number of ether oxygens (including phenoxy) is 1. The highest BCUT2D eigenvalue weighted by atomic mass is 19.1. The molecule has 2 amide bonds. The third-order valence-electron chi connectivity index (χ3n) is 3.00. The molecule has 0 saturated carbocycles. The van der Waals surface area contributed by atoms with Gasteiger partial charge in [-0.1, -0.05) is 12.5 Å². The number of aryl methyl sites for hydroxylation is 1. The molecule has 0 spiro atoms. The second kappa shape index (κ2) is 8.94. The van der Waals surface area contributed by atoms with Crippen molar-refractivity contribution in [2.24, 2.45) is 0 Å². The molecule has 0 heterocycles. The van der Waals surface area contributed by atoms with Gasteiger partial charge in [0.2, 0.25) is 0 Å². The Morgan fingerprint density at radius 2 is 2.00 bits per heavy atom. The molecule has 0 bridgehead atoms. The van der Waals surface area contributed by atoms with Crippen molar-refractivity contribution in [3.8, 4) is 0 Å². The summed E-state index contributed by atoms with van der Waals surface area (Å²) in [6.45, 7) is 2.16. The fourth-order valence-electron chi connectivity index (χ4n) is 1.72. The number of hydrogen-bond donors (Lipinski definition) is 2. The number of anilines is 1. The van der Waals surface area contributed by atoms with Crippen LogP contribution in [-0.2, 0) is 9.53 Å². The molecular formula is C15H21FN2O3. The Bertz CT molecular complexity index is 492. The summed E-state index contributed by atoms with van der Waals surface area (Å²) in [5.74, 6) is -0.572. The number of hydrogen-bond acceptors (Lipinski definition) is 3. The monoisotopic (exact) mass is 296 g/mol. The van der Waals surface area contributed by atoms with Gasteiger partial charge >= 0.3 is 12.0 Å². The molecule has 21 heavy (non-hydrogen) atoms. The SMILES string of the molecule is COC(=O)CCCCCNC(=O)Nc1ccc(C)c(F)c1. The molecule has 1 aromatic carbocycles. The average Bonchev–Trinajstić information content (AvgIpc) is 2.46. The molecule has 0 unspecified atom stereocenters. The quantitative estimate of drug-likeness (QED) is 0.600. The largest absolute Gasteiger partial charge is 0.469 e. The zero-order valence-corrected chi connectivity index (χ0v) is 12.4. The van der Waals surface area contributed by atoms with Gasteiger partial charge in [0.05, 0.1) is 7.11 Å². The molecule has 1 aromatic rings. The Kier molecular flexibility index (Phi) is 7.21. The molecule has 2 N–H and O–H groups in total. The van der Waals surface area contributed by atoms with E-state index < -0.39 is 0 Å². The predicted molar refractivity (Wildman–Crippen MR) is 78.6 cm³/mol. The molecule has 1 rings (SSSR count). The first kappa shape index (κ1) is 16.9. The predicted octanol–water partition coefficient (Wildman–Crippen LogP) is 2.99. The maximum absolute atomic E-state index is 13.3. The maximum atomic E-state index is 13.3. The van der Waals surface area contributed by atoms with Gasteiger partial charge in [0.15, 0.2) is 0 Å². The number of amides is 2. The smallest absolute Gasteiger partial charge is 0.319 e. The van der Waals surface area contributed by atoms with Crippen LogP contribution in [0.2, 0.25) is 0 Å². The lowest BCUT2D eigenvalue weighted by atomic mass is 10.2. The van der Waals surface area contributed by atoms with Crippen LogP contribution in [0.3, 0.4) is 0 Å². The molecule has 0 fully saturated rings. The van der Waals surface area contributed by atoms with E-state index >= 15 is 0 Å². The number of unbranched alkanes of at least 4 members (excludes halogenated alkanes) is 2. The van der Waals surface area contributed by atoms with Crippen molar-refractivity contribution in [1.82, 2.24) is 5.32 Å². The minimum absolute atomic E-state index is 0.220. The normalized spacial score (nSPS) is 10.0. The number of urea groups is 1. The molecule has 0 atom stereocenters. The van der Waals surface area contributed by atoms with Crippen molar-refractivity contribution in [3.05, 3.63) is 29.6 Å². The van der Waals surface area contributed by atoms with Crippen molar-refractivity contribution in [1.29, 1.82) is 0 Å². The van der Waals surface area contributed by atoms with E-state index in [2.05, 4.69) is 15.4 Å². The second-order valence-corrected chi connectivity index (χ2v) is 4.73. The molecule has 5 nitrogen and oxygen atoms in total. The Hall–Kier alpha value is -2.11. The van der Waals surface area contributed by atoms with Gasteiger partial charge in [0.1, 0.15) is 5.82 Å². The fourth-order valence-corrected chi connectivity index (χ4v) is 1.72. The number of halogens is 1. The fraction of sp³-hybridized carbons (Fsp3) is 0.467. The first-order valence-electron chi connectivity index (χ1n) is 6.90. The van der Waals surface area contributed by atoms with E-state index in [0.717, 1.165) is 19.3 Å². The van der Waals surface area contributed by atoms with Crippen LogP contribution in [0.15, 0.2) is 18.2 Å². The van der Waals surface area contributed by atoms with Crippen molar-refractivity contribution in [2.45, 2.75) is 32.6 Å². The number of rotatable bonds is 7. The van der Waals surface area contributed by atoms with Crippen molar-refractivity contribution >= 4 is 17.7 Å². The van der Waals surface area contributed by atoms with Gasteiger partial charge in [0.25, 0.3) is 0 Å². The summed E-state index contributed by atoms with van der Waals surface area (Å²) in [7, 11) is 1.36. The molecule has 0 aliphatic carbocycles. The Morgan fingerprint density at radius 3 is 2.67 bits per heavy atom. The van der Waals surface area contributed by atoms with Gasteiger partial charge in [-0.25, -0.2) is 9.18 Å². The van der Waals surface area contributed by atoms with Crippen LogP contribution in [0.4, 0.5) is 14.9 Å². The highest BCUT2D eigenvalue weighted by Crippen LogP contribution is 2.13. The highest BCUT2D eigenvalue weighted by molar-refractivity contribution is 5.89. The van der Waals surface area contributed by atoms with Crippen LogP contribution >= 0.6 is 0 Å². The van der Waals surface area contributed by atoms with Crippen LogP contribution in [0.5, 0.6) is 0 Å². The zero-order valence-electron chi connectivity index (χ0n) is 12.4. The van der Waals surface area contributed by atoms with E-state index in [1.807, 2.05) is 0 Å². The van der Waals surface area contributed by atoms with Gasteiger partial charge < -0.3 is 15.4 Å². The van der Waals surface area contributed by atoms with E-state index in [1.54, 1.807) is 19.1 Å².